The highest BCUT2D eigenvalue weighted by Crippen LogP contribution is 2.26. The van der Waals surface area contributed by atoms with E-state index in [9.17, 15) is 0 Å². The second-order valence-corrected chi connectivity index (χ2v) is 5.43. The molecule has 0 bridgehead atoms. The van der Waals surface area contributed by atoms with Crippen molar-refractivity contribution in [2.24, 2.45) is 0 Å². The summed E-state index contributed by atoms with van der Waals surface area (Å²) < 4.78 is 5.87. The lowest BCUT2D eigenvalue weighted by Crippen LogP contribution is -2.48. The summed E-state index contributed by atoms with van der Waals surface area (Å²) in [6, 6.07) is 4.47. The lowest BCUT2D eigenvalue weighted by atomic mass is 10.1. The molecule has 0 aliphatic carbocycles. The minimum atomic E-state index is 0.285. The van der Waals surface area contributed by atoms with E-state index in [4.69, 9.17) is 4.74 Å². The molecule has 0 N–H and O–H groups in total. The average molecular weight is 271 g/mol. The molecule has 104 valence electrons. The van der Waals surface area contributed by atoms with E-state index in [1.165, 1.54) is 0 Å². The fourth-order valence-corrected chi connectivity index (χ4v) is 3.07. The highest BCUT2D eigenvalue weighted by atomic mass is 16.5. The molecule has 2 aromatic rings. The molecule has 4 heterocycles. The van der Waals surface area contributed by atoms with Gasteiger partial charge in [-0.05, 0) is 19.2 Å². The number of aromatic nitrogens is 3. The van der Waals surface area contributed by atoms with E-state index in [0.29, 0.717) is 11.7 Å². The normalized spacial score (nSPS) is 26.9. The number of likely N-dealkylation sites (N-methyl/N-ethyl adjacent to an activating group) is 1. The maximum atomic E-state index is 5.87. The van der Waals surface area contributed by atoms with Gasteiger partial charge in [-0.3, -0.25) is 9.88 Å². The van der Waals surface area contributed by atoms with E-state index in [1.807, 2.05) is 12.1 Å². The molecule has 0 amide bonds. The second kappa shape index (κ2) is 4.64. The molecule has 4 rings (SSSR count). The maximum absolute atomic E-state index is 5.87. The van der Waals surface area contributed by atoms with Gasteiger partial charge in [0.05, 0.1) is 18.8 Å². The number of fused-ring (bicyclic) bond motifs is 2. The fraction of sp³-hybridized carbons (Fsp3) is 0.500. The minimum absolute atomic E-state index is 0.285. The molecule has 20 heavy (non-hydrogen) atoms. The molecule has 6 nitrogen and oxygen atoms in total. The van der Waals surface area contributed by atoms with E-state index in [2.05, 4.69) is 31.8 Å². The van der Waals surface area contributed by atoms with Gasteiger partial charge in [-0.2, -0.15) is 0 Å². The lowest BCUT2D eigenvalue weighted by molar-refractivity contribution is -0.0362. The van der Waals surface area contributed by atoms with Gasteiger partial charge < -0.3 is 9.64 Å². The van der Waals surface area contributed by atoms with Crippen LogP contribution in [0.3, 0.4) is 0 Å². The van der Waals surface area contributed by atoms with E-state index >= 15 is 0 Å². The van der Waals surface area contributed by atoms with Crippen LogP contribution in [0, 0.1) is 0 Å². The third-order valence-electron chi connectivity index (χ3n) is 4.22. The quantitative estimate of drug-likeness (QED) is 0.755. The molecule has 6 heteroatoms. The summed E-state index contributed by atoms with van der Waals surface area (Å²) in [5.41, 5.74) is 1.54. The molecule has 0 saturated carbocycles. The van der Waals surface area contributed by atoms with Crippen LogP contribution in [-0.2, 0) is 4.74 Å². The lowest BCUT2D eigenvalue weighted by Gasteiger charge is -2.33. The van der Waals surface area contributed by atoms with E-state index in [0.717, 1.165) is 37.6 Å². The van der Waals surface area contributed by atoms with Crippen LogP contribution in [0.25, 0.3) is 11.2 Å². The average Bonchev–Trinajstić information content (AvgIpc) is 2.92. The van der Waals surface area contributed by atoms with Gasteiger partial charge in [0, 0.05) is 32.0 Å². The second-order valence-electron chi connectivity index (χ2n) is 5.43. The zero-order chi connectivity index (χ0) is 13.5. The van der Waals surface area contributed by atoms with Gasteiger partial charge in [0.2, 0.25) is 0 Å². The Morgan fingerprint density at radius 1 is 1.20 bits per heavy atom. The van der Waals surface area contributed by atoms with Gasteiger partial charge in [0.25, 0.3) is 0 Å². The molecule has 2 fully saturated rings. The Hall–Kier alpha value is -1.79. The third kappa shape index (κ3) is 1.92. The number of pyridine rings is 1. The van der Waals surface area contributed by atoms with Gasteiger partial charge in [-0.15, -0.1) is 0 Å². The number of hydrogen-bond acceptors (Lipinski definition) is 6. The molecule has 2 aliphatic heterocycles. The van der Waals surface area contributed by atoms with Crippen molar-refractivity contribution in [2.75, 3.05) is 38.2 Å². The number of rotatable bonds is 1. The van der Waals surface area contributed by atoms with Crippen molar-refractivity contribution in [3.05, 3.63) is 24.5 Å². The van der Waals surface area contributed by atoms with Crippen molar-refractivity contribution >= 4 is 17.0 Å². The molecule has 2 atom stereocenters. The predicted molar refractivity (Wildman–Crippen MR) is 75.7 cm³/mol. The summed E-state index contributed by atoms with van der Waals surface area (Å²) in [4.78, 5) is 17.8. The summed E-state index contributed by atoms with van der Waals surface area (Å²) >= 11 is 0. The van der Waals surface area contributed by atoms with Crippen molar-refractivity contribution in [1.82, 2.24) is 19.9 Å². The number of ether oxygens (including phenoxy) is 1. The number of morpholine rings is 1. The van der Waals surface area contributed by atoms with E-state index in [1.54, 1.807) is 12.4 Å². The zero-order valence-electron chi connectivity index (χ0n) is 11.4. The first kappa shape index (κ1) is 12.0. The Labute approximate surface area is 117 Å². The van der Waals surface area contributed by atoms with Crippen molar-refractivity contribution < 1.29 is 4.74 Å². The topological polar surface area (TPSA) is 54.4 Å². The van der Waals surface area contributed by atoms with Gasteiger partial charge in [0.15, 0.2) is 5.65 Å². The first-order valence-corrected chi connectivity index (χ1v) is 6.96. The van der Waals surface area contributed by atoms with Crippen LogP contribution in [0.15, 0.2) is 24.5 Å². The van der Waals surface area contributed by atoms with Crippen LogP contribution in [0.2, 0.25) is 0 Å². The van der Waals surface area contributed by atoms with Crippen LogP contribution in [-0.4, -0.2) is 65.3 Å². The monoisotopic (exact) mass is 271 g/mol. The Morgan fingerprint density at radius 2 is 2.10 bits per heavy atom. The van der Waals surface area contributed by atoms with Gasteiger partial charge in [0.1, 0.15) is 11.3 Å². The maximum Gasteiger partial charge on any atom is 0.180 e. The summed E-state index contributed by atoms with van der Waals surface area (Å²) in [7, 11) is 2.17. The summed E-state index contributed by atoms with van der Waals surface area (Å²) in [5, 5.41) is 0. The third-order valence-corrected chi connectivity index (χ3v) is 4.22. The highest BCUT2D eigenvalue weighted by molar-refractivity contribution is 5.71. The fourth-order valence-electron chi connectivity index (χ4n) is 3.07. The standard InChI is InChI=1S/C14H17N5O/c1-18-6-7-20-12-9-19(8-11(12)18)13-3-2-10-14(17-13)16-5-4-15-10/h2-5,11-12H,6-9H2,1H3. The number of hydrogen-bond donors (Lipinski definition) is 0. The summed E-state index contributed by atoms with van der Waals surface area (Å²) in [6.45, 7) is 3.68. The minimum Gasteiger partial charge on any atom is -0.373 e. The first-order chi connectivity index (χ1) is 9.81. The largest absolute Gasteiger partial charge is 0.373 e. The number of anilines is 1. The van der Waals surface area contributed by atoms with Crippen molar-refractivity contribution in [1.29, 1.82) is 0 Å². The van der Waals surface area contributed by atoms with Crippen LogP contribution in [0.4, 0.5) is 5.82 Å². The van der Waals surface area contributed by atoms with Gasteiger partial charge in [-0.25, -0.2) is 9.97 Å². The predicted octanol–water partition coefficient (Wildman–Crippen LogP) is 0.544. The molecular formula is C14H17N5O. The van der Waals surface area contributed by atoms with Gasteiger partial charge in [-0.1, -0.05) is 0 Å². The van der Waals surface area contributed by atoms with Crippen LogP contribution in [0.5, 0.6) is 0 Å². The van der Waals surface area contributed by atoms with Crippen molar-refractivity contribution in [2.45, 2.75) is 12.1 Å². The molecule has 2 saturated heterocycles. The molecule has 0 radical (unpaired) electrons. The highest BCUT2D eigenvalue weighted by Gasteiger charge is 2.39. The van der Waals surface area contributed by atoms with E-state index < -0.39 is 0 Å². The molecule has 2 aliphatic rings. The zero-order valence-corrected chi connectivity index (χ0v) is 11.4. The summed E-state index contributed by atoms with van der Waals surface area (Å²) in [5.74, 6) is 0.962. The Bertz CT molecular complexity index is 634. The van der Waals surface area contributed by atoms with Gasteiger partial charge >= 0.3 is 0 Å². The van der Waals surface area contributed by atoms with Crippen molar-refractivity contribution in [3.8, 4) is 0 Å². The molecule has 0 spiro atoms. The number of nitrogens with zero attached hydrogens (tertiary/aromatic N) is 5. The molecule has 2 unspecified atom stereocenters. The molecular weight excluding hydrogens is 254 g/mol. The Morgan fingerprint density at radius 3 is 3.00 bits per heavy atom. The molecule has 2 aromatic heterocycles. The Balaban J connectivity index is 1.63. The van der Waals surface area contributed by atoms with Crippen LogP contribution >= 0.6 is 0 Å². The summed E-state index contributed by atoms with van der Waals surface area (Å²) in [6.07, 6.45) is 3.66. The SMILES string of the molecule is CN1CCOC2CN(c3ccc4nccnc4n3)CC21. The van der Waals surface area contributed by atoms with Crippen LogP contribution in [0.1, 0.15) is 0 Å². The van der Waals surface area contributed by atoms with Crippen molar-refractivity contribution in [3.63, 3.8) is 0 Å². The molecule has 0 aromatic carbocycles. The smallest absolute Gasteiger partial charge is 0.180 e. The van der Waals surface area contributed by atoms with E-state index in [-0.39, 0.29) is 6.10 Å². The van der Waals surface area contributed by atoms with Crippen LogP contribution < -0.4 is 4.90 Å². The Kier molecular flexibility index (Phi) is 2.78. The first-order valence-electron chi connectivity index (χ1n) is 6.96.